The highest BCUT2D eigenvalue weighted by atomic mass is 28.3. The third-order valence-corrected chi connectivity index (χ3v) is 3.04. The highest BCUT2D eigenvalue weighted by Crippen LogP contribution is 2.14. The predicted octanol–water partition coefficient (Wildman–Crippen LogP) is 3.94. The van der Waals surface area contributed by atoms with Crippen LogP contribution in [0.3, 0.4) is 0 Å². The normalized spacial score (nSPS) is 15.8. The van der Waals surface area contributed by atoms with Crippen molar-refractivity contribution in [3.8, 4) is 11.5 Å². The van der Waals surface area contributed by atoms with Gasteiger partial charge in [-0.3, -0.25) is 0 Å². The van der Waals surface area contributed by atoms with Crippen molar-refractivity contribution in [2.45, 2.75) is 53.3 Å². The quantitative estimate of drug-likeness (QED) is 0.474. The topological polar surface area (TPSA) is 0 Å². The summed E-state index contributed by atoms with van der Waals surface area (Å²) in [6.45, 7) is 13.7. The maximum Gasteiger partial charge on any atom is 0.129 e. The van der Waals surface area contributed by atoms with Gasteiger partial charge >= 0.3 is 0 Å². The molecule has 2 unspecified atom stereocenters. The molecular weight excluding hydrogens is 172 g/mol. The monoisotopic (exact) mass is 196 g/mol. The van der Waals surface area contributed by atoms with Crippen LogP contribution in [0, 0.1) is 23.3 Å². The van der Waals surface area contributed by atoms with Crippen molar-refractivity contribution in [3.05, 3.63) is 0 Å². The molecule has 0 aliphatic carbocycles. The fourth-order valence-electron chi connectivity index (χ4n) is 1.17. The molecule has 0 aromatic rings. The van der Waals surface area contributed by atoms with E-state index in [2.05, 4.69) is 51.9 Å². The molecule has 0 rings (SSSR count). The lowest BCUT2D eigenvalue weighted by Crippen LogP contribution is -2.17. The molecule has 0 saturated heterocycles. The molecule has 0 spiro atoms. The highest BCUT2D eigenvalue weighted by Gasteiger charge is 2.09. The molecule has 0 nitrogen and oxygen atoms in total. The minimum atomic E-state index is -1.14. The second-order valence-corrected chi connectivity index (χ2v) is 9.92. The van der Waals surface area contributed by atoms with Crippen LogP contribution in [-0.4, -0.2) is 8.07 Å². The molecule has 13 heavy (non-hydrogen) atoms. The van der Waals surface area contributed by atoms with Crippen molar-refractivity contribution >= 4 is 8.07 Å². The number of rotatable bonds is 3. The molecule has 76 valence electrons. The van der Waals surface area contributed by atoms with E-state index in [1.54, 1.807) is 0 Å². The zero-order chi connectivity index (χ0) is 10.5. The molecule has 0 aromatic carbocycles. The van der Waals surface area contributed by atoms with Gasteiger partial charge < -0.3 is 0 Å². The van der Waals surface area contributed by atoms with Crippen LogP contribution < -0.4 is 0 Å². The van der Waals surface area contributed by atoms with Gasteiger partial charge in [-0.25, -0.2) is 0 Å². The van der Waals surface area contributed by atoms with Gasteiger partial charge in [0.05, 0.1) is 0 Å². The largest absolute Gasteiger partial charge is 0.132 e. The Kier molecular flexibility index (Phi) is 5.40. The maximum atomic E-state index is 3.44. The van der Waals surface area contributed by atoms with Gasteiger partial charge in [0.2, 0.25) is 0 Å². The Hall–Kier alpha value is -0.223. The molecule has 0 fully saturated rings. The van der Waals surface area contributed by atoms with Gasteiger partial charge in [-0.05, 0) is 12.3 Å². The Balaban J connectivity index is 3.98. The third kappa shape index (κ3) is 8.12. The zero-order valence-corrected chi connectivity index (χ0v) is 11.1. The first-order valence-corrected chi connectivity index (χ1v) is 8.88. The second kappa shape index (κ2) is 5.50. The highest BCUT2D eigenvalue weighted by molar-refractivity contribution is 6.83. The number of hydrogen-bond acceptors (Lipinski definition) is 0. The van der Waals surface area contributed by atoms with Crippen molar-refractivity contribution in [3.63, 3.8) is 0 Å². The van der Waals surface area contributed by atoms with E-state index >= 15 is 0 Å². The summed E-state index contributed by atoms with van der Waals surface area (Å²) in [4.78, 5) is 0. The SMILES string of the molecule is CCC(C)CC(C)C#C[Si](C)(C)C. The van der Waals surface area contributed by atoms with Crippen molar-refractivity contribution < 1.29 is 0 Å². The minimum absolute atomic E-state index is 0.585. The molecule has 0 aromatic heterocycles. The van der Waals surface area contributed by atoms with Crippen LogP contribution in [0.4, 0.5) is 0 Å². The molecular formula is C12H24Si. The summed E-state index contributed by atoms with van der Waals surface area (Å²) in [5, 5.41) is 0. The maximum absolute atomic E-state index is 3.44. The first-order chi connectivity index (χ1) is 5.85. The summed E-state index contributed by atoms with van der Waals surface area (Å²) in [6, 6.07) is 0. The van der Waals surface area contributed by atoms with E-state index in [0.29, 0.717) is 5.92 Å². The van der Waals surface area contributed by atoms with Gasteiger partial charge in [0.25, 0.3) is 0 Å². The van der Waals surface area contributed by atoms with Crippen molar-refractivity contribution in [1.82, 2.24) is 0 Å². The van der Waals surface area contributed by atoms with Crippen LogP contribution in [0.25, 0.3) is 0 Å². The third-order valence-electron chi connectivity index (χ3n) is 2.15. The summed E-state index contributed by atoms with van der Waals surface area (Å²) in [5.41, 5.74) is 3.44. The molecule has 0 amide bonds. The predicted molar refractivity (Wildman–Crippen MR) is 64.4 cm³/mol. The molecule has 0 bridgehead atoms. The van der Waals surface area contributed by atoms with E-state index in [-0.39, 0.29) is 0 Å². The van der Waals surface area contributed by atoms with Crippen LogP contribution in [0.15, 0.2) is 0 Å². The van der Waals surface area contributed by atoms with Crippen molar-refractivity contribution in [1.29, 1.82) is 0 Å². The van der Waals surface area contributed by atoms with Crippen LogP contribution >= 0.6 is 0 Å². The lowest BCUT2D eigenvalue weighted by Gasteiger charge is -2.11. The zero-order valence-electron chi connectivity index (χ0n) is 10.1. The average Bonchev–Trinajstić information content (AvgIpc) is 1.99. The standard InChI is InChI=1S/C12H24Si/c1-7-11(2)10-12(3)8-9-13(4,5)6/h11-12H,7,10H2,1-6H3. The van der Waals surface area contributed by atoms with Gasteiger partial charge in [-0.15, -0.1) is 11.5 Å². The van der Waals surface area contributed by atoms with Gasteiger partial charge in [0.1, 0.15) is 8.07 Å². The van der Waals surface area contributed by atoms with Gasteiger partial charge in [0.15, 0.2) is 0 Å². The molecule has 0 heterocycles. The van der Waals surface area contributed by atoms with Crippen LogP contribution in [0.2, 0.25) is 19.6 Å². The lowest BCUT2D eigenvalue weighted by atomic mass is 9.96. The Morgan fingerprint density at radius 3 is 2.08 bits per heavy atom. The fraction of sp³-hybridized carbons (Fsp3) is 0.833. The summed E-state index contributed by atoms with van der Waals surface area (Å²) >= 11 is 0. The van der Waals surface area contributed by atoms with Crippen molar-refractivity contribution in [2.75, 3.05) is 0 Å². The van der Waals surface area contributed by atoms with E-state index < -0.39 is 8.07 Å². The minimum Gasteiger partial charge on any atom is -0.132 e. The van der Waals surface area contributed by atoms with Gasteiger partial charge in [-0.1, -0.05) is 46.8 Å². The Labute approximate surface area is 85.1 Å². The molecule has 0 radical (unpaired) electrons. The van der Waals surface area contributed by atoms with E-state index in [0.717, 1.165) is 5.92 Å². The van der Waals surface area contributed by atoms with Gasteiger partial charge in [-0.2, -0.15) is 0 Å². The fourth-order valence-corrected chi connectivity index (χ4v) is 1.85. The number of hydrogen-bond donors (Lipinski definition) is 0. The molecule has 0 N–H and O–H groups in total. The molecule has 0 aliphatic rings. The van der Waals surface area contributed by atoms with Crippen molar-refractivity contribution in [2.24, 2.45) is 11.8 Å². The summed E-state index contributed by atoms with van der Waals surface area (Å²) in [7, 11) is -1.14. The lowest BCUT2D eigenvalue weighted by molar-refractivity contribution is 0.463. The first kappa shape index (κ1) is 12.8. The van der Waals surface area contributed by atoms with E-state index in [1.165, 1.54) is 12.8 Å². The van der Waals surface area contributed by atoms with Crippen LogP contribution in [0.5, 0.6) is 0 Å². The average molecular weight is 196 g/mol. The van der Waals surface area contributed by atoms with Crippen LogP contribution in [-0.2, 0) is 0 Å². The second-order valence-electron chi connectivity index (χ2n) is 5.17. The molecule has 1 heteroatoms. The Morgan fingerprint density at radius 2 is 1.69 bits per heavy atom. The summed E-state index contributed by atoms with van der Waals surface area (Å²) < 4.78 is 0. The van der Waals surface area contributed by atoms with E-state index in [1.807, 2.05) is 0 Å². The van der Waals surface area contributed by atoms with E-state index in [4.69, 9.17) is 0 Å². The van der Waals surface area contributed by atoms with Gasteiger partial charge in [0, 0.05) is 5.92 Å². The Morgan fingerprint density at radius 1 is 1.15 bits per heavy atom. The summed E-state index contributed by atoms with van der Waals surface area (Å²) in [6.07, 6.45) is 2.53. The molecule has 0 saturated carbocycles. The Bertz CT molecular complexity index is 189. The molecule has 0 aliphatic heterocycles. The van der Waals surface area contributed by atoms with E-state index in [9.17, 15) is 0 Å². The molecule has 2 atom stereocenters. The smallest absolute Gasteiger partial charge is 0.129 e. The summed E-state index contributed by atoms with van der Waals surface area (Å²) in [5.74, 6) is 4.81. The first-order valence-electron chi connectivity index (χ1n) is 5.38. The van der Waals surface area contributed by atoms with Crippen LogP contribution in [0.1, 0.15) is 33.6 Å².